The summed E-state index contributed by atoms with van der Waals surface area (Å²) in [5.41, 5.74) is 1.89. The van der Waals surface area contributed by atoms with Crippen molar-refractivity contribution in [2.45, 2.75) is 25.0 Å². The van der Waals surface area contributed by atoms with Gasteiger partial charge in [0.15, 0.2) is 0 Å². The lowest BCUT2D eigenvalue weighted by atomic mass is 10.1. The molecular weight excluding hydrogens is 286 g/mol. The Labute approximate surface area is 125 Å². The molecule has 112 valence electrons. The van der Waals surface area contributed by atoms with Crippen LogP contribution in [0.4, 0.5) is 0 Å². The highest BCUT2D eigenvalue weighted by molar-refractivity contribution is 7.88. The summed E-state index contributed by atoms with van der Waals surface area (Å²) in [4.78, 5) is 0. The second-order valence-electron chi connectivity index (χ2n) is 5.54. The molecule has 0 saturated carbocycles. The number of aryl methyl sites for hydroxylation is 1. The second kappa shape index (κ2) is 5.66. The molecule has 1 aromatic carbocycles. The van der Waals surface area contributed by atoms with E-state index in [1.54, 1.807) is 10.6 Å². The van der Waals surface area contributed by atoms with Crippen LogP contribution in [0.2, 0.25) is 0 Å². The number of nitrogens with zero attached hydrogens (tertiary/aromatic N) is 1. The van der Waals surface area contributed by atoms with Crippen LogP contribution >= 0.6 is 0 Å². The van der Waals surface area contributed by atoms with Gasteiger partial charge in [0.1, 0.15) is 5.76 Å². The van der Waals surface area contributed by atoms with Gasteiger partial charge < -0.3 is 4.42 Å². The fraction of sp³-hybridized carbons (Fsp3) is 0.375. The van der Waals surface area contributed by atoms with Gasteiger partial charge in [-0.05, 0) is 36.6 Å². The van der Waals surface area contributed by atoms with E-state index < -0.39 is 10.0 Å². The fourth-order valence-corrected chi connectivity index (χ4v) is 4.49. The van der Waals surface area contributed by atoms with E-state index in [1.165, 1.54) is 0 Å². The molecule has 0 aliphatic carbocycles. The van der Waals surface area contributed by atoms with E-state index >= 15 is 0 Å². The topological polar surface area (TPSA) is 50.5 Å². The predicted molar refractivity (Wildman–Crippen MR) is 81.4 cm³/mol. The molecule has 0 N–H and O–H groups in total. The van der Waals surface area contributed by atoms with Gasteiger partial charge in [-0.3, -0.25) is 0 Å². The van der Waals surface area contributed by atoms with Crippen LogP contribution in [-0.2, 0) is 15.8 Å². The molecule has 0 amide bonds. The van der Waals surface area contributed by atoms with Gasteiger partial charge >= 0.3 is 0 Å². The third kappa shape index (κ3) is 3.04. The third-order valence-electron chi connectivity index (χ3n) is 4.09. The van der Waals surface area contributed by atoms with Crippen molar-refractivity contribution in [3.05, 3.63) is 59.5 Å². The average molecular weight is 305 g/mol. The zero-order valence-electron chi connectivity index (χ0n) is 12.0. The molecule has 21 heavy (non-hydrogen) atoms. The zero-order valence-corrected chi connectivity index (χ0v) is 12.8. The molecule has 1 saturated heterocycles. The van der Waals surface area contributed by atoms with Crippen molar-refractivity contribution in [1.82, 2.24) is 4.31 Å². The molecule has 0 bridgehead atoms. The van der Waals surface area contributed by atoms with E-state index in [1.807, 2.05) is 43.3 Å². The molecule has 1 aliphatic heterocycles. The third-order valence-corrected chi connectivity index (χ3v) is 5.88. The van der Waals surface area contributed by atoms with Gasteiger partial charge in [-0.1, -0.05) is 24.3 Å². The predicted octanol–water partition coefficient (Wildman–Crippen LogP) is 2.91. The summed E-state index contributed by atoms with van der Waals surface area (Å²) in [5.74, 6) is 1.13. The number of furan rings is 1. The Hall–Kier alpha value is -1.59. The van der Waals surface area contributed by atoms with Crippen molar-refractivity contribution in [2.75, 3.05) is 13.1 Å². The fourth-order valence-electron chi connectivity index (χ4n) is 2.80. The van der Waals surface area contributed by atoms with Crippen molar-refractivity contribution in [3.63, 3.8) is 0 Å². The Morgan fingerprint density at radius 1 is 1.24 bits per heavy atom. The number of sulfonamides is 1. The summed E-state index contributed by atoms with van der Waals surface area (Å²) < 4.78 is 32.1. The molecule has 4 nitrogen and oxygen atoms in total. The maximum absolute atomic E-state index is 12.6. The van der Waals surface area contributed by atoms with Crippen molar-refractivity contribution in [3.8, 4) is 0 Å². The molecule has 1 aromatic heterocycles. The molecular formula is C16H19NO3S. The lowest BCUT2D eigenvalue weighted by Gasteiger charge is -2.17. The van der Waals surface area contributed by atoms with Crippen LogP contribution in [0.5, 0.6) is 0 Å². The van der Waals surface area contributed by atoms with Gasteiger partial charge in [0, 0.05) is 19.0 Å². The molecule has 2 heterocycles. The largest absolute Gasteiger partial charge is 0.469 e. The first-order valence-electron chi connectivity index (χ1n) is 7.12. The summed E-state index contributed by atoms with van der Waals surface area (Å²) in [5, 5.41) is 0. The first-order chi connectivity index (χ1) is 10.1. The minimum Gasteiger partial charge on any atom is -0.469 e. The molecule has 0 radical (unpaired) electrons. The monoisotopic (exact) mass is 305 g/mol. The van der Waals surface area contributed by atoms with Gasteiger partial charge in [-0.25, -0.2) is 12.7 Å². The standard InChI is InChI=1S/C16H19NO3S/c1-13-5-2-3-6-15(13)12-21(18,19)17-9-8-14(11-17)16-7-4-10-20-16/h2-7,10,14H,8-9,11-12H2,1H3. The van der Waals surface area contributed by atoms with Crippen LogP contribution in [0, 0.1) is 6.92 Å². The molecule has 1 fully saturated rings. The van der Waals surface area contributed by atoms with Gasteiger partial charge in [-0.2, -0.15) is 0 Å². The smallest absolute Gasteiger partial charge is 0.218 e. The quantitative estimate of drug-likeness (QED) is 0.872. The minimum absolute atomic E-state index is 0.0740. The number of benzene rings is 1. The van der Waals surface area contributed by atoms with Crippen molar-refractivity contribution in [2.24, 2.45) is 0 Å². The lowest BCUT2D eigenvalue weighted by molar-refractivity contribution is 0.444. The summed E-state index contributed by atoms with van der Waals surface area (Å²) in [6.07, 6.45) is 2.46. The Kier molecular flexibility index (Phi) is 3.87. The SMILES string of the molecule is Cc1ccccc1CS(=O)(=O)N1CCC(c2ccco2)C1. The zero-order chi connectivity index (χ0) is 14.9. The van der Waals surface area contributed by atoms with Gasteiger partial charge in [-0.15, -0.1) is 0 Å². The normalized spacial score (nSPS) is 20.0. The van der Waals surface area contributed by atoms with Crippen LogP contribution in [0.15, 0.2) is 47.1 Å². The highest BCUT2D eigenvalue weighted by Crippen LogP contribution is 2.30. The number of hydrogen-bond donors (Lipinski definition) is 0. The molecule has 1 unspecified atom stereocenters. The van der Waals surface area contributed by atoms with E-state index in [2.05, 4.69) is 0 Å². The van der Waals surface area contributed by atoms with E-state index in [4.69, 9.17) is 4.42 Å². The maximum Gasteiger partial charge on any atom is 0.218 e. The van der Waals surface area contributed by atoms with Crippen LogP contribution in [0.25, 0.3) is 0 Å². The summed E-state index contributed by atoms with van der Waals surface area (Å²) in [6.45, 7) is 3.03. The number of hydrogen-bond acceptors (Lipinski definition) is 3. The highest BCUT2D eigenvalue weighted by atomic mass is 32.2. The molecule has 3 rings (SSSR count). The Bertz CT molecular complexity index is 707. The van der Waals surface area contributed by atoms with E-state index in [0.717, 1.165) is 23.3 Å². The first kappa shape index (κ1) is 14.4. The van der Waals surface area contributed by atoms with Gasteiger partial charge in [0.05, 0.1) is 12.0 Å². The van der Waals surface area contributed by atoms with Crippen molar-refractivity contribution >= 4 is 10.0 Å². The molecule has 5 heteroatoms. The Morgan fingerprint density at radius 2 is 2.05 bits per heavy atom. The minimum atomic E-state index is -3.27. The number of rotatable bonds is 4. The van der Waals surface area contributed by atoms with Crippen molar-refractivity contribution in [1.29, 1.82) is 0 Å². The van der Waals surface area contributed by atoms with Crippen LogP contribution in [-0.4, -0.2) is 25.8 Å². The second-order valence-corrected chi connectivity index (χ2v) is 7.51. The first-order valence-corrected chi connectivity index (χ1v) is 8.73. The van der Waals surface area contributed by atoms with E-state index in [0.29, 0.717) is 13.1 Å². The summed E-state index contributed by atoms with van der Waals surface area (Å²) in [6, 6.07) is 11.4. The summed E-state index contributed by atoms with van der Waals surface area (Å²) >= 11 is 0. The molecule has 2 aromatic rings. The van der Waals surface area contributed by atoms with Crippen LogP contribution in [0.3, 0.4) is 0 Å². The van der Waals surface area contributed by atoms with E-state index in [-0.39, 0.29) is 11.7 Å². The van der Waals surface area contributed by atoms with Crippen LogP contribution in [0.1, 0.15) is 29.2 Å². The van der Waals surface area contributed by atoms with Gasteiger partial charge in [0.2, 0.25) is 10.0 Å². The highest BCUT2D eigenvalue weighted by Gasteiger charge is 2.33. The van der Waals surface area contributed by atoms with Crippen molar-refractivity contribution < 1.29 is 12.8 Å². The maximum atomic E-state index is 12.6. The average Bonchev–Trinajstić information content (AvgIpc) is 3.11. The molecule has 1 atom stereocenters. The molecule has 0 spiro atoms. The van der Waals surface area contributed by atoms with Gasteiger partial charge in [0.25, 0.3) is 0 Å². The van der Waals surface area contributed by atoms with E-state index in [9.17, 15) is 8.42 Å². The van der Waals surface area contributed by atoms with Crippen LogP contribution < -0.4 is 0 Å². The molecule has 1 aliphatic rings. The Balaban J connectivity index is 1.73. The lowest BCUT2D eigenvalue weighted by Crippen LogP contribution is -2.30. The Morgan fingerprint density at radius 3 is 2.76 bits per heavy atom. The summed E-state index contributed by atoms with van der Waals surface area (Å²) in [7, 11) is -3.27.